The molecular weight excluding hydrogens is 394 g/mol. The first kappa shape index (κ1) is 19.0. The molecule has 1 N–H and O–H groups in total. The van der Waals surface area contributed by atoms with Crippen LogP contribution >= 0.6 is 22.9 Å². The highest BCUT2D eigenvalue weighted by Crippen LogP contribution is 2.33. The molecular formula is C21H22ClN3O2S. The first-order chi connectivity index (χ1) is 13.6. The molecule has 0 radical (unpaired) electrons. The van der Waals surface area contributed by atoms with Crippen LogP contribution < -0.4 is 15.0 Å². The second kappa shape index (κ2) is 8.37. The number of carbonyl (C=O) groups excluding carboxylic acids is 1. The Labute approximate surface area is 173 Å². The highest BCUT2D eigenvalue weighted by atomic mass is 35.5. The van der Waals surface area contributed by atoms with Crippen LogP contribution in [0.1, 0.15) is 18.4 Å². The number of fused-ring (bicyclic) bond motifs is 1. The smallest absolute Gasteiger partial charge is 0.225 e. The van der Waals surface area contributed by atoms with Crippen LogP contribution in [0.5, 0.6) is 5.75 Å². The number of amides is 1. The molecule has 4 rings (SSSR count). The summed E-state index contributed by atoms with van der Waals surface area (Å²) in [4.78, 5) is 19.7. The summed E-state index contributed by atoms with van der Waals surface area (Å²) in [6.07, 6.45) is 1.87. The number of anilines is 1. The van der Waals surface area contributed by atoms with Gasteiger partial charge >= 0.3 is 0 Å². The minimum Gasteiger partial charge on any atom is -0.497 e. The number of hydrogen-bond acceptors (Lipinski definition) is 5. The fourth-order valence-corrected chi connectivity index (χ4v) is 4.72. The van der Waals surface area contributed by atoms with Gasteiger partial charge in [0.1, 0.15) is 5.75 Å². The van der Waals surface area contributed by atoms with Crippen LogP contribution in [0.3, 0.4) is 0 Å². The van der Waals surface area contributed by atoms with Crippen molar-refractivity contribution >= 4 is 44.2 Å². The van der Waals surface area contributed by atoms with Crippen molar-refractivity contribution in [2.75, 3.05) is 25.1 Å². The minimum atomic E-state index is -0.0437. The zero-order valence-corrected chi connectivity index (χ0v) is 17.2. The van der Waals surface area contributed by atoms with E-state index < -0.39 is 0 Å². The first-order valence-electron chi connectivity index (χ1n) is 9.34. The topological polar surface area (TPSA) is 54.5 Å². The van der Waals surface area contributed by atoms with Crippen molar-refractivity contribution in [3.63, 3.8) is 0 Å². The van der Waals surface area contributed by atoms with Gasteiger partial charge < -0.3 is 15.0 Å². The molecule has 146 valence electrons. The maximum absolute atomic E-state index is 12.7. The molecule has 0 aliphatic carbocycles. The van der Waals surface area contributed by atoms with E-state index in [9.17, 15) is 4.79 Å². The lowest BCUT2D eigenvalue weighted by Crippen LogP contribution is -2.43. The Morgan fingerprint density at radius 3 is 3.04 bits per heavy atom. The van der Waals surface area contributed by atoms with Crippen molar-refractivity contribution in [2.45, 2.75) is 19.4 Å². The quantitative estimate of drug-likeness (QED) is 0.667. The molecule has 3 aromatic rings. The fourth-order valence-electron chi connectivity index (χ4n) is 3.49. The van der Waals surface area contributed by atoms with Gasteiger partial charge in [-0.15, -0.1) is 0 Å². The molecule has 0 saturated carbocycles. The molecule has 1 aliphatic rings. The molecule has 1 saturated heterocycles. The van der Waals surface area contributed by atoms with Crippen molar-refractivity contribution < 1.29 is 9.53 Å². The van der Waals surface area contributed by atoms with E-state index in [1.165, 1.54) is 0 Å². The lowest BCUT2D eigenvalue weighted by molar-refractivity contribution is -0.125. The SMILES string of the molecule is COc1ccc2nc(N3CCC[C@@H](C(=O)NCc4ccccc4Cl)C3)sc2c1. The highest BCUT2D eigenvalue weighted by molar-refractivity contribution is 7.22. The number of rotatable bonds is 5. The van der Waals surface area contributed by atoms with Crippen LogP contribution in [0.2, 0.25) is 5.02 Å². The summed E-state index contributed by atoms with van der Waals surface area (Å²) in [5.74, 6) is 0.864. The van der Waals surface area contributed by atoms with Gasteiger partial charge in [0.15, 0.2) is 5.13 Å². The largest absolute Gasteiger partial charge is 0.497 e. The molecule has 1 amide bonds. The molecule has 5 nitrogen and oxygen atoms in total. The van der Waals surface area contributed by atoms with Crippen molar-refractivity contribution in [3.05, 3.63) is 53.1 Å². The van der Waals surface area contributed by atoms with E-state index in [1.54, 1.807) is 18.4 Å². The molecule has 2 aromatic carbocycles. The third-order valence-corrected chi connectivity index (χ3v) is 6.51. The van der Waals surface area contributed by atoms with Crippen molar-refractivity contribution in [1.82, 2.24) is 10.3 Å². The zero-order valence-electron chi connectivity index (χ0n) is 15.7. The molecule has 0 unspecified atom stereocenters. The number of hydrogen-bond donors (Lipinski definition) is 1. The molecule has 28 heavy (non-hydrogen) atoms. The predicted octanol–water partition coefficient (Wildman–Crippen LogP) is 4.49. The lowest BCUT2D eigenvalue weighted by atomic mass is 9.97. The Hall–Kier alpha value is -2.31. The van der Waals surface area contributed by atoms with E-state index in [1.807, 2.05) is 42.5 Å². The van der Waals surface area contributed by atoms with Gasteiger partial charge in [0.2, 0.25) is 5.91 Å². The van der Waals surface area contributed by atoms with Gasteiger partial charge in [-0.3, -0.25) is 4.79 Å². The molecule has 0 spiro atoms. The van der Waals surface area contributed by atoms with Crippen LogP contribution in [0, 0.1) is 5.92 Å². The second-order valence-corrected chi connectivity index (χ2v) is 8.34. The van der Waals surface area contributed by atoms with E-state index in [-0.39, 0.29) is 11.8 Å². The normalized spacial score (nSPS) is 16.9. The summed E-state index contributed by atoms with van der Waals surface area (Å²) >= 11 is 7.83. The molecule has 2 heterocycles. The number of thiazole rings is 1. The van der Waals surface area contributed by atoms with E-state index in [4.69, 9.17) is 21.3 Å². The van der Waals surface area contributed by atoms with Crippen LogP contribution in [-0.2, 0) is 11.3 Å². The molecule has 1 aromatic heterocycles. The average Bonchev–Trinajstić information content (AvgIpc) is 3.16. The Kier molecular flexibility index (Phi) is 5.69. The van der Waals surface area contributed by atoms with Gasteiger partial charge in [0, 0.05) is 24.7 Å². The number of benzene rings is 2. The summed E-state index contributed by atoms with van der Waals surface area (Å²) in [7, 11) is 1.67. The number of methoxy groups -OCH3 is 1. The van der Waals surface area contributed by atoms with Crippen molar-refractivity contribution in [2.24, 2.45) is 5.92 Å². The third kappa shape index (κ3) is 4.08. The number of halogens is 1. The maximum Gasteiger partial charge on any atom is 0.225 e. The van der Waals surface area contributed by atoms with Crippen molar-refractivity contribution in [3.8, 4) is 5.75 Å². The summed E-state index contributed by atoms with van der Waals surface area (Å²) in [6.45, 7) is 2.06. The molecule has 7 heteroatoms. The molecule has 1 atom stereocenters. The van der Waals surface area contributed by atoms with E-state index >= 15 is 0 Å². The summed E-state index contributed by atoms with van der Waals surface area (Å²) in [5.41, 5.74) is 1.90. The number of ether oxygens (including phenoxy) is 1. The standard InChI is InChI=1S/C21H22ClN3O2S/c1-27-16-8-9-18-19(11-16)28-21(24-18)25-10-4-6-15(13-25)20(26)23-12-14-5-2-3-7-17(14)22/h2-3,5,7-9,11,15H,4,6,10,12-13H2,1H3,(H,23,26)/t15-/m1/s1. The van der Waals surface area contributed by atoms with Gasteiger partial charge in [-0.05, 0) is 42.7 Å². The second-order valence-electron chi connectivity index (χ2n) is 6.92. The molecule has 1 fully saturated rings. The lowest BCUT2D eigenvalue weighted by Gasteiger charge is -2.31. The van der Waals surface area contributed by atoms with Crippen LogP contribution in [0.25, 0.3) is 10.2 Å². The zero-order chi connectivity index (χ0) is 19.5. The van der Waals surface area contributed by atoms with Gasteiger partial charge in [-0.1, -0.05) is 41.1 Å². The number of piperidine rings is 1. The minimum absolute atomic E-state index is 0.0437. The Morgan fingerprint density at radius 1 is 1.36 bits per heavy atom. The van der Waals surface area contributed by atoms with Crippen molar-refractivity contribution in [1.29, 1.82) is 0 Å². The molecule has 1 aliphatic heterocycles. The Morgan fingerprint density at radius 2 is 2.21 bits per heavy atom. The monoisotopic (exact) mass is 415 g/mol. The first-order valence-corrected chi connectivity index (χ1v) is 10.5. The highest BCUT2D eigenvalue weighted by Gasteiger charge is 2.27. The third-order valence-electron chi connectivity index (χ3n) is 5.06. The number of aromatic nitrogens is 1. The van der Waals surface area contributed by atoms with Gasteiger partial charge in [-0.25, -0.2) is 4.98 Å². The van der Waals surface area contributed by atoms with Crippen LogP contribution in [0.15, 0.2) is 42.5 Å². The maximum atomic E-state index is 12.7. The fraction of sp³-hybridized carbons (Fsp3) is 0.333. The number of nitrogens with one attached hydrogen (secondary N) is 1. The van der Waals surface area contributed by atoms with E-state index in [2.05, 4.69) is 10.2 Å². The van der Waals surface area contributed by atoms with Gasteiger partial charge in [0.05, 0.1) is 23.2 Å². The average molecular weight is 416 g/mol. The summed E-state index contributed by atoms with van der Waals surface area (Å²) in [6, 6.07) is 13.5. The molecule has 0 bridgehead atoms. The van der Waals surface area contributed by atoms with E-state index in [0.717, 1.165) is 46.0 Å². The Balaban J connectivity index is 1.42. The Bertz CT molecular complexity index is 991. The van der Waals surface area contributed by atoms with Gasteiger partial charge in [-0.2, -0.15) is 0 Å². The summed E-state index contributed by atoms with van der Waals surface area (Å²) in [5, 5.41) is 4.68. The number of nitrogens with zero attached hydrogens (tertiary/aromatic N) is 2. The van der Waals surface area contributed by atoms with E-state index in [0.29, 0.717) is 18.1 Å². The summed E-state index contributed by atoms with van der Waals surface area (Å²) < 4.78 is 6.40. The van der Waals surface area contributed by atoms with Crippen LogP contribution in [0.4, 0.5) is 5.13 Å². The predicted molar refractivity (Wildman–Crippen MR) is 114 cm³/mol. The number of carbonyl (C=O) groups is 1. The van der Waals surface area contributed by atoms with Gasteiger partial charge in [0.25, 0.3) is 0 Å². The van der Waals surface area contributed by atoms with Crippen LogP contribution in [-0.4, -0.2) is 31.1 Å².